The molecule has 0 atom stereocenters. The minimum absolute atomic E-state index is 0.0896. The molecular formula is C12H17N3OS. The van der Waals surface area contributed by atoms with Crippen molar-refractivity contribution in [3.8, 4) is 6.07 Å². The van der Waals surface area contributed by atoms with Crippen molar-refractivity contribution in [2.24, 2.45) is 5.92 Å². The Labute approximate surface area is 106 Å². The number of hydrogen-bond donors (Lipinski definition) is 1. The number of hydrogen-bond acceptors (Lipinski definition) is 5. The molecule has 5 heteroatoms. The predicted molar refractivity (Wildman–Crippen MR) is 71.6 cm³/mol. The maximum Gasteiger partial charge on any atom is 0.171 e. The van der Waals surface area contributed by atoms with Crippen LogP contribution in [0.1, 0.15) is 36.0 Å². The van der Waals surface area contributed by atoms with Crippen molar-refractivity contribution in [3.63, 3.8) is 0 Å². The number of nitrogens with zero attached hydrogens (tertiary/aromatic N) is 2. The summed E-state index contributed by atoms with van der Waals surface area (Å²) >= 11 is 1.30. The topological polar surface area (TPSA) is 70.1 Å². The Bertz CT molecular complexity index is 471. The number of carbonyl (C=O) groups excluding carboxylic acids is 1. The van der Waals surface area contributed by atoms with Gasteiger partial charge in [-0.1, -0.05) is 13.8 Å². The molecule has 17 heavy (non-hydrogen) atoms. The van der Waals surface area contributed by atoms with E-state index in [1.165, 1.54) is 18.3 Å². The Morgan fingerprint density at radius 3 is 2.59 bits per heavy atom. The summed E-state index contributed by atoms with van der Waals surface area (Å²) in [5, 5.41) is 9.90. The van der Waals surface area contributed by atoms with Crippen molar-refractivity contribution in [2.45, 2.75) is 20.8 Å². The number of nitriles is 1. The Kier molecular flexibility index (Phi) is 4.13. The Morgan fingerprint density at radius 1 is 1.59 bits per heavy atom. The number of Topliss-reactive ketones (excluding diaryl/α,β-unsaturated/α-hetero) is 1. The lowest BCUT2D eigenvalue weighted by molar-refractivity contribution is 0.102. The van der Waals surface area contributed by atoms with Crippen LogP contribution >= 0.6 is 11.3 Å². The summed E-state index contributed by atoms with van der Waals surface area (Å²) in [6, 6.07) is 2.08. The fraction of sp³-hybridized carbons (Fsp3) is 0.500. The Hall–Kier alpha value is -1.54. The lowest BCUT2D eigenvalue weighted by atomic mass is 10.2. The van der Waals surface area contributed by atoms with Gasteiger partial charge in [0.1, 0.15) is 16.6 Å². The molecule has 0 unspecified atom stereocenters. The van der Waals surface area contributed by atoms with Crippen molar-refractivity contribution < 1.29 is 4.79 Å². The number of rotatable bonds is 4. The van der Waals surface area contributed by atoms with Crippen molar-refractivity contribution in [1.29, 1.82) is 5.26 Å². The van der Waals surface area contributed by atoms with E-state index in [1.54, 1.807) is 0 Å². The largest absolute Gasteiger partial charge is 0.396 e. The molecule has 0 radical (unpaired) electrons. The number of anilines is 2. The highest BCUT2D eigenvalue weighted by atomic mass is 32.1. The van der Waals surface area contributed by atoms with Gasteiger partial charge in [0.15, 0.2) is 5.78 Å². The van der Waals surface area contributed by atoms with Gasteiger partial charge in [0.05, 0.1) is 10.6 Å². The van der Waals surface area contributed by atoms with Crippen molar-refractivity contribution in [2.75, 3.05) is 24.2 Å². The van der Waals surface area contributed by atoms with E-state index in [-0.39, 0.29) is 5.78 Å². The first-order valence-corrected chi connectivity index (χ1v) is 6.24. The Balaban J connectivity index is 3.21. The number of ketones is 1. The highest BCUT2D eigenvalue weighted by Gasteiger charge is 2.21. The zero-order chi connectivity index (χ0) is 13.2. The van der Waals surface area contributed by atoms with Crippen LogP contribution in [0.3, 0.4) is 0 Å². The molecule has 0 aliphatic heterocycles. The predicted octanol–water partition coefficient (Wildman–Crippen LogP) is 2.50. The molecule has 1 heterocycles. The van der Waals surface area contributed by atoms with E-state index in [1.807, 2.05) is 11.9 Å². The summed E-state index contributed by atoms with van der Waals surface area (Å²) in [7, 11) is 1.91. The molecule has 0 aromatic carbocycles. The molecule has 1 aromatic heterocycles. The van der Waals surface area contributed by atoms with Gasteiger partial charge in [-0.25, -0.2) is 0 Å². The summed E-state index contributed by atoms with van der Waals surface area (Å²) in [4.78, 5) is 13.9. The van der Waals surface area contributed by atoms with Crippen LogP contribution in [-0.2, 0) is 0 Å². The maximum atomic E-state index is 11.4. The molecule has 2 N–H and O–H groups in total. The van der Waals surface area contributed by atoms with Gasteiger partial charge in [0.2, 0.25) is 0 Å². The normalized spacial score (nSPS) is 10.4. The fourth-order valence-electron chi connectivity index (χ4n) is 1.70. The molecule has 0 spiro atoms. The third kappa shape index (κ3) is 2.77. The molecule has 1 rings (SSSR count). The molecule has 92 valence electrons. The quantitative estimate of drug-likeness (QED) is 0.835. The summed E-state index contributed by atoms with van der Waals surface area (Å²) in [6.45, 7) is 6.50. The number of nitrogens with two attached hydrogens (primary N) is 1. The average Bonchev–Trinajstić information content (AvgIpc) is 2.54. The van der Waals surface area contributed by atoms with Crippen LogP contribution in [-0.4, -0.2) is 19.4 Å². The third-order valence-electron chi connectivity index (χ3n) is 2.34. The molecule has 0 amide bonds. The number of nitrogen functional groups attached to an aromatic ring is 1. The zero-order valence-corrected chi connectivity index (χ0v) is 11.4. The molecule has 0 aliphatic rings. The molecule has 0 saturated heterocycles. The third-order valence-corrected chi connectivity index (χ3v) is 3.76. The van der Waals surface area contributed by atoms with E-state index in [4.69, 9.17) is 11.0 Å². The maximum absolute atomic E-state index is 11.4. The van der Waals surface area contributed by atoms with Crippen LogP contribution in [0, 0.1) is 17.2 Å². The van der Waals surface area contributed by atoms with Gasteiger partial charge in [0, 0.05) is 20.5 Å². The van der Waals surface area contributed by atoms with Crippen LogP contribution in [0.4, 0.5) is 10.7 Å². The van der Waals surface area contributed by atoms with Crippen molar-refractivity contribution in [1.82, 2.24) is 0 Å². The van der Waals surface area contributed by atoms with E-state index >= 15 is 0 Å². The second kappa shape index (κ2) is 5.19. The van der Waals surface area contributed by atoms with Crippen molar-refractivity contribution >= 4 is 27.8 Å². The Morgan fingerprint density at radius 2 is 2.18 bits per heavy atom. The van der Waals surface area contributed by atoms with Gasteiger partial charge >= 0.3 is 0 Å². The second-order valence-electron chi connectivity index (χ2n) is 4.47. The SMILES string of the molecule is CC(=O)c1sc(N(C)CC(C)C)c(C#N)c1N. The number of carbonyl (C=O) groups is 1. The lowest BCUT2D eigenvalue weighted by Gasteiger charge is -2.19. The summed E-state index contributed by atoms with van der Waals surface area (Å²) in [5.74, 6) is 0.392. The monoisotopic (exact) mass is 251 g/mol. The molecule has 0 aliphatic carbocycles. The van der Waals surface area contributed by atoms with Crippen LogP contribution in [0.2, 0.25) is 0 Å². The molecule has 1 aromatic rings. The van der Waals surface area contributed by atoms with Gasteiger partial charge in [-0.15, -0.1) is 11.3 Å². The van der Waals surface area contributed by atoms with Gasteiger partial charge in [-0.3, -0.25) is 4.79 Å². The van der Waals surface area contributed by atoms with E-state index in [2.05, 4.69) is 19.9 Å². The van der Waals surface area contributed by atoms with Crippen LogP contribution in [0.5, 0.6) is 0 Å². The molecular weight excluding hydrogens is 234 g/mol. The second-order valence-corrected chi connectivity index (χ2v) is 5.47. The minimum atomic E-state index is -0.0896. The van der Waals surface area contributed by atoms with E-state index in [0.29, 0.717) is 22.0 Å². The smallest absolute Gasteiger partial charge is 0.171 e. The van der Waals surface area contributed by atoms with Crippen LogP contribution < -0.4 is 10.6 Å². The first kappa shape index (κ1) is 13.5. The first-order chi connectivity index (χ1) is 7.88. The van der Waals surface area contributed by atoms with E-state index in [0.717, 1.165) is 11.5 Å². The van der Waals surface area contributed by atoms with Crippen LogP contribution in [0.25, 0.3) is 0 Å². The van der Waals surface area contributed by atoms with Gasteiger partial charge in [0.25, 0.3) is 0 Å². The lowest BCUT2D eigenvalue weighted by Crippen LogP contribution is -2.22. The van der Waals surface area contributed by atoms with E-state index in [9.17, 15) is 4.79 Å². The minimum Gasteiger partial charge on any atom is -0.396 e. The van der Waals surface area contributed by atoms with E-state index < -0.39 is 0 Å². The fourth-order valence-corrected chi connectivity index (χ4v) is 2.74. The van der Waals surface area contributed by atoms with Gasteiger partial charge < -0.3 is 10.6 Å². The molecule has 4 nitrogen and oxygen atoms in total. The molecule has 0 saturated carbocycles. The average molecular weight is 251 g/mol. The number of thiophene rings is 1. The summed E-state index contributed by atoms with van der Waals surface area (Å²) < 4.78 is 0. The first-order valence-electron chi connectivity index (χ1n) is 5.42. The van der Waals surface area contributed by atoms with Crippen molar-refractivity contribution in [3.05, 3.63) is 10.4 Å². The summed E-state index contributed by atoms with van der Waals surface area (Å²) in [5.41, 5.74) is 6.56. The highest BCUT2D eigenvalue weighted by molar-refractivity contribution is 7.19. The van der Waals surface area contributed by atoms with Gasteiger partial charge in [-0.2, -0.15) is 5.26 Å². The molecule has 0 fully saturated rings. The van der Waals surface area contributed by atoms with Gasteiger partial charge in [-0.05, 0) is 5.92 Å². The molecule has 0 bridgehead atoms. The zero-order valence-electron chi connectivity index (χ0n) is 10.6. The highest BCUT2D eigenvalue weighted by Crippen LogP contribution is 2.37. The van der Waals surface area contributed by atoms with Crippen LogP contribution in [0.15, 0.2) is 0 Å². The standard InChI is InChI=1S/C12H17N3OS/c1-7(2)6-15(4)12-9(5-13)10(14)11(17-12)8(3)16/h7H,6,14H2,1-4H3. The summed E-state index contributed by atoms with van der Waals surface area (Å²) in [6.07, 6.45) is 0.